The Bertz CT molecular complexity index is 1020. The standard InChI is InChI=1S/C53H107N2O6P/c1-6-8-10-12-14-16-18-20-22-24-26-27-29-31-33-35-37-39-41-43-45-47-53(57)54-51(50-61-62(58,59)60-49-48-55(3,4)5)52(56)46-44-42-40-38-36-34-32-30-28-25-23-21-19-17-15-13-11-9-7-2/h44,46,51-52,56H,6-43,45,47-50H2,1-5H3,(H-,54,57,58,59)/p+1/b46-44+. The Morgan fingerprint density at radius 2 is 0.855 bits per heavy atom. The van der Waals surface area contributed by atoms with Crippen molar-refractivity contribution in [3.05, 3.63) is 12.2 Å². The molecule has 0 saturated carbocycles. The van der Waals surface area contributed by atoms with Gasteiger partial charge in [0.05, 0.1) is 39.9 Å². The minimum absolute atomic E-state index is 0.0651. The zero-order chi connectivity index (χ0) is 45.7. The number of carbonyl (C=O) groups excluding carboxylic acids is 1. The quantitative estimate of drug-likeness (QED) is 0.0243. The lowest BCUT2D eigenvalue weighted by atomic mass is 10.0. The molecule has 3 unspecified atom stereocenters. The van der Waals surface area contributed by atoms with Crippen molar-refractivity contribution in [3.63, 3.8) is 0 Å². The van der Waals surface area contributed by atoms with Crippen molar-refractivity contribution in [1.29, 1.82) is 0 Å². The molecule has 0 aromatic carbocycles. The molecule has 0 rings (SSSR count). The number of hydrogen-bond donors (Lipinski definition) is 3. The molecule has 0 radical (unpaired) electrons. The molecule has 62 heavy (non-hydrogen) atoms. The first-order valence-electron chi connectivity index (χ1n) is 27.1. The smallest absolute Gasteiger partial charge is 0.387 e. The molecule has 0 saturated heterocycles. The van der Waals surface area contributed by atoms with E-state index in [1.54, 1.807) is 6.08 Å². The zero-order valence-corrected chi connectivity index (χ0v) is 43.0. The largest absolute Gasteiger partial charge is 0.472 e. The normalized spacial score (nSPS) is 14.1. The Morgan fingerprint density at radius 1 is 0.532 bits per heavy atom. The Hall–Kier alpha value is -0.760. The molecule has 0 aliphatic heterocycles. The van der Waals surface area contributed by atoms with Crippen molar-refractivity contribution in [2.45, 2.75) is 283 Å². The van der Waals surface area contributed by atoms with Gasteiger partial charge in [0.15, 0.2) is 0 Å². The van der Waals surface area contributed by atoms with E-state index in [0.29, 0.717) is 17.4 Å². The topological polar surface area (TPSA) is 105 Å². The maximum Gasteiger partial charge on any atom is 0.472 e. The van der Waals surface area contributed by atoms with Crippen LogP contribution in [0, 0.1) is 0 Å². The summed E-state index contributed by atoms with van der Waals surface area (Å²) in [4.78, 5) is 23.3. The van der Waals surface area contributed by atoms with Crippen LogP contribution in [0.2, 0.25) is 0 Å². The van der Waals surface area contributed by atoms with Crippen molar-refractivity contribution in [2.75, 3.05) is 40.9 Å². The van der Waals surface area contributed by atoms with Crippen LogP contribution in [0.3, 0.4) is 0 Å². The molecule has 0 aromatic rings. The van der Waals surface area contributed by atoms with Crippen LogP contribution in [-0.4, -0.2) is 73.4 Å². The number of phosphoric acid groups is 1. The molecule has 0 aliphatic rings. The molecule has 0 bridgehead atoms. The maximum atomic E-state index is 12.9. The number of unbranched alkanes of at least 4 members (excludes halogenated alkanes) is 37. The second-order valence-corrected chi connectivity index (χ2v) is 21.4. The summed E-state index contributed by atoms with van der Waals surface area (Å²) < 4.78 is 23.7. The van der Waals surface area contributed by atoms with Crippen LogP contribution in [0.1, 0.15) is 271 Å². The maximum absolute atomic E-state index is 12.9. The molecule has 370 valence electrons. The number of likely N-dealkylation sites (N-methyl/N-ethyl adjacent to an activating group) is 1. The molecule has 1 amide bonds. The van der Waals surface area contributed by atoms with Gasteiger partial charge < -0.3 is 19.8 Å². The molecule has 0 fully saturated rings. The first kappa shape index (κ1) is 61.2. The molecule has 9 heteroatoms. The number of nitrogens with zero attached hydrogens (tertiary/aromatic N) is 1. The first-order chi connectivity index (χ1) is 30.0. The average molecular weight is 900 g/mol. The molecule has 0 aliphatic carbocycles. The predicted octanol–water partition coefficient (Wildman–Crippen LogP) is 15.9. The number of amides is 1. The summed E-state index contributed by atoms with van der Waals surface area (Å²) in [6.45, 7) is 4.86. The third-order valence-corrected chi connectivity index (χ3v) is 13.5. The summed E-state index contributed by atoms with van der Waals surface area (Å²) in [5.74, 6) is -0.171. The van der Waals surface area contributed by atoms with E-state index in [1.807, 2.05) is 27.2 Å². The number of nitrogens with one attached hydrogen (secondary N) is 1. The number of phosphoric ester groups is 1. The second-order valence-electron chi connectivity index (χ2n) is 20.0. The van der Waals surface area contributed by atoms with E-state index in [-0.39, 0.29) is 19.1 Å². The van der Waals surface area contributed by atoms with E-state index in [4.69, 9.17) is 9.05 Å². The van der Waals surface area contributed by atoms with Crippen molar-refractivity contribution in [1.82, 2.24) is 5.32 Å². The van der Waals surface area contributed by atoms with Crippen LogP contribution >= 0.6 is 7.82 Å². The van der Waals surface area contributed by atoms with Crippen LogP contribution < -0.4 is 5.32 Å². The van der Waals surface area contributed by atoms with Crippen LogP contribution in [0.25, 0.3) is 0 Å². The number of aliphatic hydroxyl groups is 1. The highest BCUT2D eigenvalue weighted by molar-refractivity contribution is 7.47. The van der Waals surface area contributed by atoms with Crippen molar-refractivity contribution in [3.8, 4) is 0 Å². The fourth-order valence-electron chi connectivity index (χ4n) is 8.22. The van der Waals surface area contributed by atoms with Gasteiger partial charge in [-0.15, -0.1) is 0 Å². The van der Waals surface area contributed by atoms with E-state index in [0.717, 1.165) is 32.1 Å². The summed E-state index contributed by atoms with van der Waals surface area (Å²) in [6, 6.07) is -0.841. The summed E-state index contributed by atoms with van der Waals surface area (Å²) in [7, 11) is 1.59. The van der Waals surface area contributed by atoms with Crippen molar-refractivity contribution >= 4 is 13.7 Å². The van der Waals surface area contributed by atoms with Gasteiger partial charge in [0.1, 0.15) is 13.2 Å². The Kier molecular flexibility index (Phi) is 44.8. The number of carbonyl (C=O) groups is 1. The highest BCUT2D eigenvalue weighted by Crippen LogP contribution is 2.43. The van der Waals surface area contributed by atoms with E-state index < -0.39 is 20.0 Å². The summed E-state index contributed by atoms with van der Waals surface area (Å²) >= 11 is 0. The molecular weight excluding hydrogens is 792 g/mol. The summed E-state index contributed by atoms with van der Waals surface area (Å²) in [6.07, 6.45) is 54.4. The van der Waals surface area contributed by atoms with Gasteiger partial charge in [-0.25, -0.2) is 4.57 Å². The molecule has 0 aromatic heterocycles. The molecule has 3 N–H and O–H groups in total. The van der Waals surface area contributed by atoms with E-state index >= 15 is 0 Å². The second kappa shape index (κ2) is 45.4. The molecular formula is C53H108N2O6P+. The molecule has 0 heterocycles. The fraction of sp³-hybridized carbons (Fsp3) is 0.943. The number of rotatable bonds is 50. The van der Waals surface area contributed by atoms with Crippen LogP contribution in [0.4, 0.5) is 0 Å². The minimum Gasteiger partial charge on any atom is -0.387 e. The van der Waals surface area contributed by atoms with Gasteiger partial charge in [-0.2, -0.15) is 0 Å². The number of allylic oxidation sites excluding steroid dienone is 1. The Balaban J connectivity index is 4.24. The van der Waals surface area contributed by atoms with Crippen molar-refractivity contribution in [2.24, 2.45) is 0 Å². The number of aliphatic hydroxyl groups excluding tert-OH is 1. The Morgan fingerprint density at radius 3 is 1.19 bits per heavy atom. The molecule has 8 nitrogen and oxygen atoms in total. The molecule has 0 spiro atoms. The Labute approximate surface area is 386 Å². The highest BCUT2D eigenvalue weighted by atomic mass is 31.2. The lowest BCUT2D eigenvalue weighted by molar-refractivity contribution is -0.870. The minimum atomic E-state index is -4.34. The summed E-state index contributed by atoms with van der Waals surface area (Å²) in [5, 5.41) is 13.9. The fourth-order valence-corrected chi connectivity index (χ4v) is 8.96. The number of hydrogen-bond acceptors (Lipinski definition) is 5. The van der Waals surface area contributed by atoms with Gasteiger partial charge >= 0.3 is 7.82 Å². The zero-order valence-electron chi connectivity index (χ0n) is 42.1. The summed E-state index contributed by atoms with van der Waals surface area (Å²) in [5.41, 5.74) is 0. The van der Waals surface area contributed by atoms with E-state index in [2.05, 4.69) is 19.2 Å². The average Bonchev–Trinajstić information content (AvgIpc) is 3.23. The lowest BCUT2D eigenvalue weighted by Crippen LogP contribution is -2.45. The van der Waals surface area contributed by atoms with Gasteiger partial charge in [0.2, 0.25) is 5.91 Å². The van der Waals surface area contributed by atoms with E-state index in [1.165, 1.54) is 218 Å². The van der Waals surface area contributed by atoms with Gasteiger partial charge in [0.25, 0.3) is 0 Å². The number of quaternary nitrogens is 1. The monoisotopic (exact) mass is 900 g/mol. The van der Waals surface area contributed by atoms with Crippen molar-refractivity contribution < 1.29 is 32.9 Å². The van der Waals surface area contributed by atoms with Gasteiger partial charge in [0, 0.05) is 6.42 Å². The van der Waals surface area contributed by atoms with Crippen LogP contribution in [0.15, 0.2) is 12.2 Å². The van der Waals surface area contributed by atoms with Gasteiger partial charge in [-0.1, -0.05) is 257 Å². The predicted molar refractivity (Wildman–Crippen MR) is 268 cm³/mol. The lowest BCUT2D eigenvalue weighted by Gasteiger charge is -2.25. The highest BCUT2D eigenvalue weighted by Gasteiger charge is 2.27. The first-order valence-corrected chi connectivity index (χ1v) is 28.6. The van der Waals surface area contributed by atoms with Gasteiger partial charge in [-0.3, -0.25) is 13.8 Å². The SMILES string of the molecule is CCCCCCCCCCCCCCCCCCC/C=C/C(O)C(COP(=O)(O)OCC[N+](C)(C)C)NC(=O)CCCCCCCCCCCCCCCCCCCCCCC. The van der Waals surface area contributed by atoms with Gasteiger partial charge in [-0.05, 0) is 19.3 Å². The van der Waals surface area contributed by atoms with Crippen LogP contribution in [0.5, 0.6) is 0 Å². The third kappa shape index (κ3) is 47.2. The van der Waals surface area contributed by atoms with E-state index in [9.17, 15) is 19.4 Å². The molecule has 3 atom stereocenters. The third-order valence-electron chi connectivity index (χ3n) is 12.5. The van der Waals surface area contributed by atoms with Crippen LogP contribution in [-0.2, 0) is 18.4 Å².